The van der Waals surface area contributed by atoms with Gasteiger partial charge in [-0.1, -0.05) is 60.7 Å². The molecule has 3 heteroatoms. The van der Waals surface area contributed by atoms with Gasteiger partial charge < -0.3 is 4.57 Å². The van der Waals surface area contributed by atoms with Crippen LogP contribution in [0.5, 0.6) is 0 Å². The van der Waals surface area contributed by atoms with Crippen LogP contribution in [0, 0.1) is 6.92 Å². The average molecular weight is 339 g/mol. The Morgan fingerprint density at radius 1 is 0.808 bits per heavy atom. The summed E-state index contributed by atoms with van der Waals surface area (Å²) in [5.74, 6) is 1.93. The quantitative estimate of drug-likeness (QED) is 0.467. The van der Waals surface area contributed by atoms with Crippen LogP contribution in [0.4, 0.5) is 0 Å². The Morgan fingerprint density at radius 3 is 2.31 bits per heavy atom. The Hall–Kier alpha value is -2.94. The van der Waals surface area contributed by atoms with Gasteiger partial charge in [-0.25, -0.2) is 0 Å². The second-order valence-corrected chi connectivity index (χ2v) is 7.80. The molecule has 0 amide bonds. The topological polar surface area (TPSA) is 30.7 Å². The summed E-state index contributed by atoms with van der Waals surface area (Å²) in [5.41, 5.74) is 4.87. The van der Waals surface area contributed by atoms with Crippen LogP contribution in [0.3, 0.4) is 0 Å². The molecule has 0 fully saturated rings. The molecule has 1 aliphatic heterocycles. The highest BCUT2D eigenvalue weighted by Gasteiger charge is 2.35. The lowest BCUT2D eigenvalue weighted by Gasteiger charge is -2.35. The maximum atomic E-state index is 4.63. The smallest absolute Gasteiger partial charge is 0.165 e. The zero-order chi connectivity index (χ0) is 17.9. The molecule has 0 bridgehead atoms. The molecule has 4 aromatic rings. The second-order valence-electron chi connectivity index (χ2n) is 7.80. The van der Waals surface area contributed by atoms with Crippen molar-refractivity contribution in [1.82, 2.24) is 14.8 Å². The Labute approximate surface area is 153 Å². The first-order valence-corrected chi connectivity index (χ1v) is 9.09. The summed E-state index contributed by atoms with van der Waals surface area (Å²) in [6.45, 7) is 6.70. The van der Waals surface area contributed by atoms with Gasteiger partial charge in [0, 0.05) is 16.7 Å². The van der Waals surface area contributed by atoms with Crippen LogP contribution in [0.25, 0.3) is 33.5 Å². The molecular formula is C23H21N3. The molecule has 128 valence electrons. The van der Waals surface area contributed by atoms with Gasteiger partial charge in [0.05, 0.1) is 0 Å². The third-order valence-corrected chi connectivity index (χ3v) is 5.55. The van der Waals surface area contributed by atoms with Crippen molar-refractivity contribution < 1.29 is 0 Å². The van der Waals surface area contributed by atoms with Crippen molar-refractivity contribution in [3.05, 3.63) is 71.8 Å². The number of aryl methyl sites for hydroxylation is 1. The molecule has 5 rings (SSSR count). The largest absolute Gasteiger partial charge is 0.301 e. The normalized spacial score (nSPS) is 14.9. The molecule has 0 spiro atoms. The maximum absolute atomic E-state index is 4.63. The number of hydrogen-bond acceptors (Lipinski definition) is 2. The Kier molecular flexibility index (Phi) is 3.11. The average Bonchev–Trinajstić information content (AvgIpc) is 3.08. The highest BCUT2D eigenvalue weighted by molar-refractivity contribution is 5.92. The van der Waals surface area contributed by atoms with E-state index in [-0.39, 0.29) is 5.54 Å². The van der Waals surface area contributed by atoms with Crippen molar-refractivity contribution in [2.24, 2.45) is 0 Å². The van der Waals surface area contributed by atoms with E-state index < -0.39 is 0 Å². The van der Waals surface area contributed by atoms with Crippen molar-refractivity contribution in [2.45, 2.75) is 32.7 Å². The summed E-state index contributed by atoms with van der Waals surface area (Å²) >= 11 is 0. The third-order valence-electron chi connectivity index (χ3n) is 5.55. The molecule has 3 aromatic carbocycles. The lowest BCUT2D eigenvalue weighted by atomic mass is 9.84. The summed E-state index contributed by atoms with van der Waals surface area (Å²) in [6, 6.07) is 21.4. The fourth-order valence-corrected chi connectivity index (χ4v) is 4.28. The summed E-state index contributed by atoms with van der Waals surface area (Å²) < 4.78 is 2.33. The molecule has 1 aliphatic rings. The Balaban J connectivity index is 1.82. The second kappa shape index (κ2) is 5.28. The van der Waals surface area contributed by atoms with Crippen LogP contribution in [0.15, 0.2) is 60.7 Å². The molecule has 0 saturated carbocycles. The standard InChI is InChI=1S/C23H21N3/c1-15-8-4-6-10-17(15)21-24-25-22-19-13-12-16-9-5-7-11-18(16)20(19)14-23(2,3)26(21)22/h4-13H,14H2,1-3H3. The number of aromatic nitrogens is 3. The van der Waals surface area contributed by atoms with Gasteiger partial charge in [0.1, 0.15) is 0 Å². The van der Waals surface area contributed by atoms with Crippen molar-refractivity contribution in [1.29, 1.82) is 0 Å². The Morgan fingerprint density at radius 2 is 1.50 bits per heavy atom. The molecule has 2 heterocycles. The lowest BCUT2D eigenvalue weighted by molar-refractivity contribution is 0.352. The number of nitrogens with zero attached hydrogens (tertiary/aromatic N) is 3. The molecule has 0 aliphatic carbocycles. The van der Waals surface area contributed by atoms with E-state index >= 15 is 0 Å². The van der Waals surface area contributed by atoms with Crippen molar-refractivity contribution in [3.63, 3.8) is 0 Å². The van der Waals surface area contributed by atoms with Crippen LogP contribution in [-0.2, 0) is 12.0 Å². The van der Waals surface area contributed by atoms with E-state index in [4.69, 9.17) is 0 Å². The SMILES string of the molecule is Cc1ccccc1-c1nnc2n1C(C)(C)Cc1c-2ccc2ccccc12. The van der Waals surface area contributed by atoms with Gasteiger partial charge >= 0.3 is 0 Å². The number of hydrogen-bond donors (Lipinski definition) is 0. The van der Waals surface area contributed by atoms with E-state index in [1.807, 2.05) is 0 Å². The van der Waals surface area contributed by atoms with Gasteiger partial charge in [-0.05, 0) is 49.1 Å². The van der Waals surface area contributed by atoms with Gasteiger partial charge in [-0.3, -0.25) is 0 Å². The van der Waals surface area contributed by atoms with Crippen LogP contribution in [0.1, 0.15) is 25.0 Å². The summed E-state index contributed by atoms with van der Waals surface area (Å²) in [7, 11) is 0. The minimum Gasteiger partial charge on any atom is -0.301 e. The van der Waals surface area contributed by atoms with Crippen LogP contribution in [-0.4, -0.2) is 14.8 Å². The highest BCUT2D eigenvalue weighted by atomic mass is 15.3. The fourth-order valence-electron chi connectivity index (χ4n) is 4.28. The number of rotatable bonds is 1. The summed E-state index contributed by atoms with van der Waals surface area (Å²) in [5, 5.41) is 11.9. The van der Waals surface area contributed by atoms with Crippen molar-refractivity contribution in [2.75, 3.05) is 0 Å². The Bertz CT molecular complexity index is 1150. The molecule has 0 radical (unpaired) electrons. The van der Waals surface area contributed by atoms with Gasteiger partial charge in [0.15, 0.2) is 11.6 Å². The zero-order valence-corrected chi connectivity index (χ0v) is 15.3. The molecule has 0 atom stereocenters. The maximum Gasteiger partial charge on any atom is 0.165 e. The van der Waals surface area contributed by atoms with Gasteiger partial charge in [-0.15, -0.1) is 10.2 Å². The van der Waals surface area contributed by atoms with E-state index in [0.29, 0.717) is 0 Å². The molecule has 0 saturated heterocycles. The monoisotopic (exact) mass is 339 g/mol. The van der Waals surface area contributed by atoms with Gasteiger partial charge in [-0.2, -0.15) is 0 Å². The van der Waals surface area contributed by atoms with Gasteiger partial charge in [0.2, 0.25) is 0 Å². The van der Waals surface area contributed by atoms with E-state index in [0.717, 1.165) is 23.6 Å². The molecule has 26 heavy (non-hydrogen) atoms. The van der Waals surface area contributed by atoms with E-state index in [1.165, 1.54) is 27.5 Å². The highest BCUT2D eigenvalue weighted by Crippen LogP contribution is 2.42. The minimum atomic E-state index is -0.0897. The number of fused-ring (bicyclic) bond motifs is 5. The van der Waals surface area contributed by atoms with E-state index in [9.17, 15) is 0 Å². The van der Waals surface area contributed by atoms with E-state index in [2.05, 4.69) is 96.2 Å². The number of benzene rings is 3. The first kappa shape index (κ1) is 15.3. The lowest BCUT2D eigenvalue weighted by Crippen LogP contribution is -2.34. The zero-order valence-electron chi connectivity index (χ0n) is 15.3. The predicted octanol–water partition coefficient (Wildman–Crippen LogP) is 5.36. The molecular weight excluding hydrogens is 318 g/mol. The molecule has 0 N–H and O–H groups in total. The third kappa shape index (κ3) is 2.07. The minimum absolute atomic E-state index is 0.0897. The van der Waals surface area contributed by atoms with Crippen molar-refractivity contribution >= 4 is 10.8 Å². The predicted molar refractivity (Wildman–Crippen MR) is 106 cm³/mol. The first-order chi connectivity index (χ1) is 12.6. The molecule has 0 unspecified atom stereocenters. The van der Waals surface area contributed by atoms with Crippen LogP contribution >= 0.6 is 0 Å². The van der Waals surface area contributed by atoms with Gasteiger partial charge in [0.25, 0.3) is 0 Å². The van der Waals surface area contributed by atoms with Crippen LogP contribution in [0.2, 0.25) is 0 Å². The summed E-state index contributed by atoms with van der Waals surface area (Å²) in [6.07, 6.45) is 0.966. The molecule has 1 aromatic heterocycles. The summed E-state index contributed by atoms with van der Waals surface area (Å²) in [4.78, 5) is 0. The molecule has 3 nitrogen and oxygen atoms in total. The fraction of sp³-hybridized carbons (Fsp3) is 0.217. The van der Waals surface area contributed by atoms with Crippen LogP contribution < -0.4 is 0 Å². The van der Waals surface area contributed by atoms with E-state index in [1.54, 1.807) is 0 Å². The van der Waals surface area contributed by atoms with Crippen molar-refractivity contribution in [3.8, 4) is 22.8 Å². The first-order valence-electron chi connectivity index (χ1n) is 9.09.